The average Bonchev–Trinajstić information content (AvgIpc) is 2.27. The van der Waals surface area contributed by atoms with Crippen molar-refractivity contribution in [2.24, 2.45) is 5.73 Å². The van der Waals surface area contributed by atoms with Gasteiger partial charge in [0.25, 0.3) is 0 Å². The second kappa shape index (κ2) is 4.88. The Hall–Kier alpha value is -1.02. The van der Waals surface area contributed by atoms with Gasteiger partial charge in [0.15, 0.2) is 0 Å². The molecule has 2 heteroatoms. The molecular formula is C14H22N2. The topological polar surface area (TPSA) is 38.0 Å². The van der Waals surface area contributed by atoms with Crippen molar-refractivity contribution in [1.29, 1.82) is 0 Å². The molecule has 1 unspecified atom stereocenters. The van der Waals surface area contributed by atoms with E-state index in [2.05, 4.69) is 37.4 Å². The summed E-state index contributed by atoms with van der Waals surface area (Å²) < 4.78 is 0. The molecule has 1 aliphatic rings. The third-order valence-electron chi connectivity index (χ3n) is 3.32. The standard InChI is InChI=1S/C14H22N2/c1-10(2)16-13-6-7-14-11(8-13)4-3-5-12(14)9-15/h6-8,10,12,16H,3-5,9,15H2,1-2H3. The Kier molecular flexibility index (Phi) is 3.49. The third kappa shape index (κ3) is 2.38. The maximum Gasteiger partial charge on any atom is 0.0345 e. The molecule has 3 N–H and O–H groups in total. The highest BCUT2D eigenvalue weighted by Gasteiger charge is 2.18. The van der Waals surface area contributed by atoms with E-state index in [4.69, 9.17) is 5.73 Å². The first-order valence-electron chi connectivity index (χ1n) is 6.30. The number of rotatable bonds is 3. The SMILES string of the molecule is CC(C)Nc1ccc2c(c1)CCCC2CN. The molecule has 0 heterocycles. The van der Waals surface area contributed by atoms with Gasteiger partial charge in [0.1, 0.15) is 0 Å². The van der Waals surface area contributed by atoms with E-state index in [1.54, 1.807) is 0 Å². The normalized spacial score (nSPS) is 19.6. The van der Waals surface area contributed by atoms with Crippen molar-refractivity contribution in [1.82, 2.24) is 0 Å². The van der Waals surface area contributed by atoms with Gasteiger partial charge in [0, 0.05) is 11.7 Å². The van der Waals surface area contributed by atoms with Crippen molar-refractivity contribution in [3.8, 4) is 0 Å². The summed E-state index contributed by atoms with van der Waals surface area (Å²) in [5.41, 5.74) is 10.0. The quantitative estimate of drug-likeness (QED) is 0.818. The highest BCUT2D eigenvalue weighted by atomic mass is 14.9. The predicted octanol–water partition coefficient (Wildman–Crippen LogP) is 2.89. The molecule has 0 spiro atoms. The summed E-state index contributed by atoms with van der Waals surface area (Å²) in [5, 5.41) is 3.46. The molecule has 1 aliphatic carbocycles. The van der Waals surface area contributed by atoms with Crippen LogP contribution in [0, 0.1) is 0 Å². The lowest BCUT2D eigenvalue weighted by atomic mass is 9.82. The van der Waals surface area contributed by atoms with E-state index >= 15 is 0 Å². The Morgan fingerprint density at radius 2 is 2.25 bits per heavy atom. The fraction of sp³-hybridized carbons (Fsp3) is 0.571. The monoisotopic (exact) mass is 218 g/mol. The molecule has 1 atom stereocenters. The first-order chi connectivity index (χ1) is 7.70. The van der Waals surface area contributed by atoms with Crippen LogP contribution in [-0.4, -0.2) is 12.6 Å². The number of hydrogen-bond donors (Lipinski definition) is 2. The van der Waals surface area contributed by atoms with Crippen LogP contribution >= 0.6 is 0 Å². The van der Waals surface area contributed by atoms with Gasteiger partial charge in [0.2, 0.25) is 0 Å². The molecular weight excluding hydrogens is 196 g/mol. The van der Waals surface area contributed by atoms with Crippen LogP contribution in [0.15, 0.2) is 18.2 Å². The molecule has 0 aliphatic heterocycles. The summed E-state index contributed by atoms with van der Waals surface area (Å²) in [6.45, 7) is 5.12. The van der Waals surface area contributed by atoms with E-state index in [1.165, 1.54) is 36.1 Å². The summed E-state index contributed by atoms with van der Waals surface area (Å²) in [5.74, 6) is 0.580. The maximum atomic E-state index is 5.82. The van der Waals surface area contributed by atoms with Crippen LogP contribution in [0.5, 0.6) is 0 Å². The molecule has 0 fully saturated rings. The van der Waals surface area contributed by atoms with Crippen molar-refractivity contribution in [2.75, 3.05) is 11.9 Å². The van der Waals surface area contributed by atoms with Crippen molar-refractivity contribution >= 4 is 5.69 Å². The van der Waals surface area contributed by atoms with Crippen molar-refractivity contribution in [3.63, 3.8) is 0 Å². The maximum absolute atomic E-state index is 5.82. The van der Waals surface area contributed by atoms with Gasteiger partial charge >= 0.3 is 0 Å². The van der Waals surface area contributed by atoms with Gasteiger partial charge in [-0.3, -0.25) is 0 Å². The van der Waals surface area contributed by atoms with E-state index < -0.39 is 0 Å². The van der Waals surface area contributed by atoms with Gasteiger partial charge in [-0.2, -0.15) is 0 Å². The lowest BCUT2D eigenvalue weighted by Gasteiger charge is -2.25. The zero-order chi connectivity index (χ0) is 11.5. The van der Waals surface area contributed by atoms with E-state index in [1.807, 2.05) is 0 Å². The molecule has 0 radical (unpaired) electrons. The van der Waals surface area contributed by atoms with Crippen LogP contribution in [0.25, 0.3) is 0 Å². The highest BCUT2D eigenvalue weighted by molar-refractivity contribution is 5.50. The third-order valence-corrected chi connectivity index (χ3v) is 3.32. The molecule has 2 rings (SSSR count). The van der Waals surface area contributed by atoms with E-state index in [0.717, 1.165) is 6.54 Å². The number of nitrogens with one attached hydrogen (secondary N) is 1. The molecule has 16 heavy (non-hydrogen) atoms. The second-order valence-corrected chi connectivity index (χ2v) is 5.04. The van der Waals surface area contributed by atoms with E-state index in [-0.39, 0.29) is 0 Å². The zero-order valence-electron chi connectivity index (χ0n) is 10.3. The van der Waals surface area contributed by atoms with Crippen LogP contribution in [0.3, 0.4) is 0 Å². The van der Waals surface area contributed by atoms with Crippen LogP contribution in [0.1, 0.15) is 43.7 Å². The Morgan fingerprint density at radius 3 is 2.94 bits per heavy atom. The van der Waals surface area contributed by atoms with Crippen LogP contribution < -0.4 is 11.1 Å². The predicted molar refractivity (Wildman–Crippen MR) is 69.9 cm³/mol. The fourth-order valence-corrected chi connectivity index (χ4v) is 2.58. The summed E-state index contributed by atoms with van der Waals surface area (Å²) >= 11 is 0. The summed E-state index contributed by atoms with van der Waals surface area (Å²) in [4.78, 5) is 0. The number of aryl methyl sites for hydroxylation is 1. The smallest absolute Gasteiger partial charge is 0.0345 e. The minimum atomic E-state index is 0.493. The lowest BCUT2D eigenvalue weighted by molar-refractivity contribution is 0.561. The molecule has 1 aromatic rings. The van der Waals surface area contributed by atoms with Gasteiger partial charge in [-0.1, -0.05) is 6.07 Å². The van der Waals surface area contributed by atoms with Crippen molar-refractivity contribution in [3.05, 3.63) is 29.3 Å². The van der Waals surface area contributed by atoms with Crippen molar-refractivity contribution in [2.45, 2.75) is 45.1 Å². The molecule has 0 bridgehead atoms. The summed E-state index contributed by atoms with van der Waals surface area (Å²) in [6, 6.07) is 7.24. The molecule has 1 aromatic carbocycles. The molecule has 2 nitrogen and oxygen atoms in total. The average molecular weight is 218 g/mol. The Bertz CT molecular complexity index is 358. The van der Waals surface area contributed by atoms with Gasteiger partial charge in [-0.05, 0) is 68.8 Å². The van der Waals surface area contributed by atoms with Crippen LogP contribution in [-0.2, 0) is 6.42 Å². The molecule has 0 amide bonds. The lowest BCUT2D eigenvalue weighted by Crippen LogP contribution is -2.18. The minimum absolute atomic E-state index is 0.493. The largest absolute Gasteiger partial charge is 0.383 e. The number of nitrogens with two attached hydrogens (primary N) is 1. The minimum Gasteiger partial charge on any atom is -0.383 e. The van der Waals surface area contributed by atoms with Crippen LogP contribution in [0.2, 0.25) is 0 Å². The number of anilines is 1. The Labute approximate surface area is 98.2 Å². The van der Waals surface area contributed by atoms with Crippen molar-refractivity contribution < 1.29 is 0 Å². The second-order valence-electron chi connectivity index (χ2n) is 5.04. The van der Waals surface area contributed by atoms with Gasteiger partial charge in [0.05, 0.1) is 0 Å². The van der Waals surface area contributed by atoms with Crippen LogP contribution in [0.4, 0.5) is 5.69 Å². The first kappa shape index (κ1) is 11.5. The van der Waals surface area contributed by atoms with E-state index in [0.29, 0.717) is 12.0 Å². The van der Waals surface area contributed by atoms with Gasteiger partial charge < -0.3 is 11.1 Å². The number of fused-ring (bicyclic) bond motifs is 1. The zero-order valence-corrected chi connectivity index (χ0v) is 10.3. The molecule has 0 saturated carbocycles. The first-order valence-corrected chi connectivity index (χ1v) is 6.30. The van der Waals surface area contributed by atoms with Gasteiger partial charge in [-0.25, -0.2) is 0 Å². The molecule has 88 valence electrons. The Morgan fingerprint density at radius 1 is 1.44 bits per heavy atom. The van der Waals surface area contributed by atoms with E-state index in [9.17, 15) is 0 Å². The fourth-order valence-electron chi connectivity index (χ4n) is 2.58. The van der Waals surface area contributed by atoms with Gasteiger partial charge in [-0.15, -0.1) is 0 Å². The highest BCUT2D eigenvalue weighted by Crippen LogP contribution is 2.32. The summed E-state index contributed by atoms with van der Waals surface area (Å²) in [6.07, 6.45) is 3.74. The molecule has 0 aromatic heterocycles. The number of benzene rings is 1. The molecule has 0 saturated heterocycles. The summed E-state index contributed by atoms with van der Waals surface area (Å²) in [7, 11) is 0. The number of hydrogen-bond acceptors (Lipinski definition) is 2. The Balaban J connectivity index is 2.24.